The zero-order valence-corrected chi connectivity index (χ0v) is 15.3. The quantitative estimate of drug-likeness (QED) is 0.743. The summed E-state index contributed by atoms with van der Waals surface area (Å²) in [4.78, 5) is 11.8. The van der Waals surface area contributed by atoms with Crippen molar-refractivity contribution in [2.45, 2.75) is 83.7 Å². The number of carbonyl (C=O) groups excluding carboxylic acids is 1. The summed E-state index contributed by atoms with van der Waals surface area (Å²) in [7, 11) is 0. The minimum Gasteiger partial charge on any atom is -0.385 e. The minimum atomic E-state index is -0.676. The second-order valence-corrected chi connectivity index (χ2v) is 9.00. The lowest BCUT2D eigenvalue weighted by Crippen LogP contribution is -2.55. The Balaban J connectivity index is 1.60. The summed E-state index contributed by atoms with van der Waals surface area (Å²) in [6, 6.07) is 0. The molecule has 2 nitrogen and oxygen atoms in total. The second-order valence-electron chi connectivity index (χ2n) is 9.00. The van der Waals surface area contributed by atoms with Gasteiger partial charge in [-0.3, -0.25) is 4.79 Å². The molecule has 24 heavy (non-hydrogen) atoms. The Morgan fingerprint density at radius 3 is 2.83 bits per heavy atom. The molecule has 0 aromatic rings. The smallest absolute Gasteiger partial charge is 0.155 e. The highest BCUT2D eigenvalue weighted by molar-refractivity contribution is 5.92. The van der Waals surface area contributed by atoms with Gasteiger partial charge in [-0.15, -0.1) is 0 Å². The second kappa shape index (κ2) is 5.83. The van der Waals surface area contributed by atoms with Crippen LogP contribution in [-0.4, -0.2) is 16.5 Å². The Kier molecular flexibility index (Phi) is 4.03. The van der Waals surface area contributed by atoms with Crippen LogP contribution in [0, 0.1) is 23.2 Å². The molecule has 1 N–H and O–H groups in total. The molecule has 2 saturated carbocycles. The molecule has 0 bridgehead atoms. The van der Waals surface area contributed by atoms with E-state index in [1.165, 1.54) is 38.5 Å². The number of carbonyl (C=O) groups is 1. The lowest BCUT2D eigenvalue weighted by Gasteiger charge is -2.56. The molecular weight excluding hydrogens is 296 g/mol. The summed E-state index contributed by atoms with van der Waals surface area (Å²) >= 11 is 0. The van der Waals surface area contributed by atoms with Gasteiger partial charge >= 0.3 is 0 Å². The van der Waals surface area contributed by atoms with Crippen LogP contribution in [0.1, 0.15) is 78.1 Å². The molecule has 0 aromatic heterocycles. The number of aliphatic hydroxyl groups is 1. The van der Waals surface area contributed by atoms with Crippen LogP contribution in [0.3, 0.4) is 0 Å². The topological polar surface area (TPSA) is 37.3 Å². The first-order valence-electron chi connectivity index (χ1n) is 10.1. The van der Waals surface area contributed by atoms with E-state index in [-0.39, 0.29) is 5.78 Å². The first kappa shape index (κ1) is 16.6. The van der Waals surface area contributed by atoms with Gasteiger partial charge in [-0.1, -0.05) is 31.9 Å². The van der Waals surface area contributed by atoms with Crippen LogP contribution in [0.5, 0.6) is 0 Å². The van der Waals surface area contributed by atoms with Crippen LogP contribution >= 0.6 is 0 Å². The molecule has 5 atom stereocenters. The van der Waals surface area contributed by atoms with Gasteiger partial charge in [0.25, 0.3) is 0 Å². The van der Waals surface area contributed by atoms with Crippen molar-refractivity contribution in [2.24, 2.45) is 23.2 Å². The standard InChI is InChI=1S/C22H32O2/c1-3-4-5-15-7-9-19-18-8-6-16-14-17(23)10-13-22(16,24)20(18)11-12-21(15,19)2/h7,14,18-20,24H,3-6,8-13H2,1-2H3/t18-,19-,20-,21+,22+/m0/s1. The Labute approximate surface area is 146 Å². The molecule has 4 rings (SSSR count). The normalized spacial score (nSPS) is 44.3. The summed E-state index contributed by atoms with van der Waals surface area (Å²) in [6.07, 6.45) is 15.0. The molecule has 2 fully saturated rings. The molecule has 132 valence electrons. The van der Waals surface area contributed by atoms with Gasteiger partial charge in [-0.2, -0.15) is 0 Å². The van der Waals surface area contributed by atoms with Crippen LogP contribution in [0.2, 0.25) is 0 Å². The molecule has 0 aromatic carbocycles. The fourth-order valence-electron chi connectivity index (χ4n) is 6.59. The highest BCUT2D eigenvalue weighted by atomic mass is 16.3. The predicted molar refractivity (Wildman–Crippen MR) is 96.5 cm³/mol. The first-order chi connectivity index (χ1) is 11.5. The maximum atomic E-state index is 11.8. The molecule has 0 unspecified atom stereocenters. The molecule has 4 aliphatic rings. The molecule has 0 aliphatic heterocycles. The van der Waals surface area contributed by atoms with Crippen molar-refractivity contribution in [3.05, 3.63) is 23.3 Å². The molecule has 0 spiro atoms. The van der Waals surface area contributed by atoms with Gasteiger partial charge in [0.2, 0.25) is 0 Å². The highest BCUT2D eigenvalue weighted by Crippen LogP contribution is 2.63. The summed E-state index contributed by atoms with van der Waals surface area (Å²) in [5.74, 6) is 1.95. The third-order valence-corrected chi connectivity index (χ3v) is 7.98. The van der Waals surface area contributed by atoms with E-state index in [9.17, 15) is 9.90 Å². The van der Waals surface area contributed by atoms with Crippen LogP contribution < -0.4 is 0 Å². The predicted octanol–water partition coefficient (Wildman–Crippen LogP) is 4.97. The number of ketones is 1. The van der Waals surface area contributed by atoms with Crippen LogP contribution in [0.25, 0.3) is 0 Å². The zero-order valence-electron chi connectivity index (χ0n) is 15.3. The van der Waals surface area contributed by atoms with Gasteiger partial charge in [-0.25, -0.2) is 0 Å². The fraction of sp³-hybridized carbons (Fsp3) is 0.773. The van der Waals surface area contributed by atoms with Crippen molar-refractivity contribution in [2.75, 3.05) is 0 Å². The average molecular weight is 328 g/mol. The Bertz CT molecular complexity index is 601. The van der Waals surface area contributed by atoms with Gasteiger partial charge in [-0.05, 0) is 86.2 Å². The molecule has 0 radical (unpaired) electrons. The summed E-state index contributed by atoms with van der Waals surface area (Å²) in [5, 5.41) is 11.5. The van der Waals surface area contributed by atoms with Crippen LogP contribution in [0.4, 0.5) is 0 Å². The van der Waals surface area contributed by atoms with E-state index in [0.717, 1.165) is 18.4 Å². The number of fused-ring (bicyclic) bond motifs is 5. The van der Waals surface area contributed by atoms with Gasteiger partial charge in [0, 0.05) is 6.42 Å². The monoisotopic (exact) mass is 328 g/mol. The number of hydrogen-bond acceptors (Lipinski definition) is 2. The maximum absolute atomic E-state index is 11.8. The van der Waals surface area contributed by atoms with Crippen molar-refractivity contribution in [1.82, 2.24) is 0 Å². The molecule has 0 saturated heterocycles. The van der Waals surface area contributed by atoms with E-state index in [2.05, 4.69) is 19.9 Å². The summed E-state index contributed by atoms with van der Waals surface area (Å²) in [5.41, 5.74) is 2.46. The third-order valence-electron chi connectivity index (χ3n) is 7.98. The lowest BCUT2D eigenvalue weighted by molar-refractivity contribution is -0.124. The molecule has 0 heterocycles. The summed E-state index contributed by atoms with van der Waals surface area (Å²) in [6.45, 7) is 4.78. The average Bonchev–Trinajstić information content (AvgIpc) is 2.90. The van der Waals surface area contributed by atoms with E-state index in [4.69, 9.17) is 0 Å². The van der Waals surface area contributed by atoms with Gasteiger partial charge in [0.05, 0.1) is 5.60 Å². The fourth-order valence-corrected chi connectivity index (χ4v) is 6.59. The number of rotatable bonds is 3. The van der Waals surface area contributed by atoms with Crippen molar-refractivity contribution in [1.29, 1.82) is 0 Å². The minimum absolute atomic E-state index is 0.221. The van der Waals surface area contributed by atoms with Gasteiger partial charge < -0.3 is 5.11 Å². The van der Waals surface area contributed by atoms with Crippen molar-refractivity contribution < 1.29 is 9.90 Å². The van der Waals surface area contributed by atoms with Gasteiger partial charge in [0.1, 0.15) is 0 Å². The highest BCUT2D eigenvalue weighted by Gasteiger charge is 2.57. The Morgan fingerprint density at radius 2 is 2.04 bits per heavy atom. The molecule has 0 amide bonds. The van der Waals surface area contributed by atoms with Crippen LogP contribution in [-0.2, 0) is 4.79 Å². The van der Waals surface area contributed by atoms with E-state index in [0.29, 0.717) is 36.0 Å². The lowest BCUT2D eigenvalue weighted by atomic mass is 9.50. The SMILES string of the molecule is CCCCC1=CC[C@H]2[C@@H]3CCC4=CC(=O)CC[C@]4(O)[C@H]3CC[C@]12C. The Hall–Kier alpha value is -0.890. The maximum Gasteiger partial charge on any atom is 0.155 e. The number of hydrogen-bond donors (Lipinski definition) is 1. The molecular formula is C22H32O2. The first-order valence-corrected chi connectivity index (χ1v) is 10.1. The third kappa shape index (κ3) is 2.29. The summed E-state index contributed by atoms with van der Waals surface area (Å²) < 4.78 is 0. The van der Waals surface area contributed by atoms with Crippen molar-refractivity contribution >= 4 is 5.78 Å². The number of unbranched alkanes of at least 4 members (excludes halogenated alkanes) is 1. The molecule has 4 aliphatic carbocycles. The van der Waals surface area contributed by atoms with E-state index < -0.39 is 5.60 Å². The Morgan fingerprint density at radius 1 is 1.21 bits per heavy atom. The van der Waals surface area contributed by atoms with Crippen molar-refractivity contribution in [3.63, 3.8) is 0 Å². The van der Waals surface area contributed by atoms with E-state index in [1.807, 2.05) is 0 Å². The van der Waals surface area contributed by atoms with Gasteiger partial charge in [0.15, 0.2) is 5.78 Å². The van der Waals surface area contributed by atoms with Crippen LogP contribution in [0.15, 0.2) is 23.3 Å². The largest absolute Gasteiger partial charge is 0.385 e. The van der Waals surface area contributed by atoms with E-state index >= 15 is 0 Å². The molecule has 2 heteroatoms. The zero-order chi connectivity index (χ0) is 16.9. The number of allylic oxidation sites excluding steroid dienone is 3. The van der Waals surface area contributed by atoms with Crippen molar-refractivity contribution in [3.8, 4) is 0 Å². The van der Waals surface area contributed by atoms with E-state index in [1.54, 1.807) is 11.6 Å².